The summed E-state index contributed by atoms with van der Waals surface area (Å²) >= 11 is 0. The highest BCUT2D eigenvalue weighted by atomic mass is 31.1. The Bertz CT molecular complexity index is 53.0. The highest BCUT2D eigenvalue weighted by molar-refractivity contribution is 7.32. The molecule has 0 fully saturated rings. The molecule has 4 heteroatoms. The van der Waals surface area contributed by atoms with Crippen LogP contribution >= 0.6 is 8.88 Å². The number of rotatable bonds is 7. The van der Waals surface area contributed by atoms with Crippen molar-refractivity contribution in [2.75, 3.05) is 13.1 Å². The van der Waals surface area contributed by atoms with Crippen molar-refractivity contribution in [3.05, 3.63) is 0 Å². The van der Waals surface area contributed by atoms with E-state index in [2.05, 4.69) is 5.09 Å². The molecule has 0 heterocycles. The van der Waals surface area contributed by atoms with E-state index in [4.69, 9.17) is 11.2 Å². The third kappa shape index (κ3) is 8.31. The minimum Gasteiger partial charge on any atom is -0.330 e. The van der Waals surface area contributed by atoms with Gasteiger partial charge in [-0.3, -0.25) is 5.09 Å². The molecule has 0 saturated carbocycles. The molecule has 0 aliphatic carbocycles. The van der Waals surface area contributed by atoms with Gasteiger partial charge in [0.25, 0.3) is 0 Å². The molecule has 62 valence electrons. The second kappa shape index (κ2) is 9.31. The molecule has 0 radical (unpaired) electrons. The number of hydrogen-bond acceptors (Lipinski definition) is 3. The topological polar surface area (TPSA) is 64.1 Å². The summed E-state index contributed by atoms with van der Waals surface area (Å²) in [5, 5.41) is 3.10. The molecule has 0 spiro atoms. The van der Waals surface area contributed by atoms with Crippen LogP contribution < -0.4 is 16.3 Å². The van der Waals surface area contributed by atoms with Gasteiger partial charge in [0.15, 0.2) is 0 Å². The summed E-state index contributed by atoms with van der Waals surface area (Å²) in [7, 11) is 0.395. The predicted molar refractivity (Wildman–Crippen MR) is 48.0 cm³/mol. The summed E-state index contributed by atoms with van der Waals surface area (Å²) in [6.45, 7) is 1.88. The van der Waals surface area contributed by atoms with E-state index < -0.39 is 0 Å². The fourth-order valence-electron chi connectivity index (χ4n) is 0.783. The van der Waals surface area contributed by atoms with E-state index in [1.807, 2.05) is 0 Å². The maximum Gasteiger partial charge on any atom is 0.0155 e. The Morgan fingerprint density at radius 3 is 2.40 bits per heavy atom. The quantitative estimate of drug-likeness (QED) is 0.379. The molecule has 5 N–H and O–H groups in total. The van der Waals surface area contributed by atoms with Crippen LogP contribution in [0.1, 0.15) is 25.7 Å². The molecular weight excluding hydrogens is 145 g/mol. The average molecular weight is 163 g/mol. The van der Waals surface area contributed by atoms with E-state index in [0.29, 0.717) is 8.88 Å². The fourth-order valence-corrected chi connectivity index (χ4v) is 1.10. The zero-order chi connectivity index (χ0) is 7.66. The Kier molecular flexibility index (Phi) is 9.60. The molecule has 0 aromatic carbocycles. The molecule has 10 heavy (non-hydrogen) atoms. The van der Waals surface area contributed by atoms with Gasteiger partial charge in [-0.15, -0.1) is 0 Å². The van der Waals surface area contributed by atoms with Gasteiger partial charge < -0.3 is 11.2 Å². The van der Waals surface area contributed by atoms with Gasteiger partial charge in [0, 0.05) is 8.88 Å². The largest absolute Gasteiger partial charge is 0.330 e. The highest BCUT2D eigenvalue weighted by Gasteiger charge is 1.86. The lowest BCUT2D eigenvalue weighted by Crippen LogP contribution is -2.06. The number of hydrogen-bond donors (Lipinski definition) is 3. The second-order valence-electron chi connectivity index (χ2n) is 2.27. The van der Waals surface area contributed by atoms with Crippen molar-refractivity contribution in [3.63, 3.8) is 0 Å². The van der Waals surface area contributed by atoms with Crippen LogP contribution in [0.5, 0.6) is 0 Å². The van der Waals surface area contributed by atoms with Crippen molar-refractivity contribution >= 4 is 8.88 Å². The van der Waals surface area contributed by atoms with E-state index in [0.717, 1.165) is 19.5 Å². The SMILES string of the molecule is NCCCCCCNPN. The van der Waals surface area contributed by atoms with Crippen molar-refractivity contribution in [2.24, 2.45) is 11.2 Å². The van der Waals surface area contributed by atoms with Crippen LogP contribution in [0.15, 0.2) is 0 Å². The Labute approximate surface area is 64.8 Å². The molecule has 0 aliphatic rings. The van der Waals surface area contributed by atoms with Crippen molar-refractivity contribution in [1.82, 2.24) is 5.09 Å². The van der Waals surface area contributed by atoms with Crippen LogP contribution in [-0.4, -0.2) is 13.1 Å². The molecule has 0 rings (SSSR count). The third-order valence-electron chi connectivity index (χ3n) is 1.36. The first-order valence-electron chi connectivity index (χ1n) is 3.80. The Hall–Kier alpha value is 0.310. The lowest BCUT2D eigenvalue weighted by molar-refractivity contribution is 0.643. The van der Waals surface area contributed by atoms with E-state index in [9.17, 15) is 0 Å². The van der Waals surface area contributed by atoms with E-state index >= 15 is 0 Å². The molecule has 1 atom stereocenters. The lowest BCUT2D eigenvalue weighted by atomic mass is 10.2. The van der Waals surface area contributed by atoms with Gasteiger partial charge in [-0.1, -0.05) is 12.8 Å². The smallest absolute Gasteiger partial charge is 0.0155 e. The van der Waals surface area contributed by atoms with Crippen molar-refractivity contribution in [1.29, 1.82) is 0 Å². The van der Waals surface area contributed by atoms with Crippen LogP contribution in [-0.2, 0) is 0 Å². The van der Waals surface area contributed by atoms with E-state index in [1.54, 1.807) is 0 Å². The molecular formula is C6H18N3P. The van der Waals surface area contributed by atoms with E-state index in [1.165, 1.54) is 19.3 Å². The standard InChI is InChI=1S/C6H18N3P/c7-5-3-1-2-4-6-9-10-8/h9-10H,1-8H2. The maximum atomic E-state index is 5.34. The second-order valence-corrected chi connectivity index (χ2v) is 2.92. The van der Waals surface area contributed by atoms with Gasteiger partial charge in [0.05, 0.1) is 0 Å². The number of unbranched alkanes of at least 4 members (excludes halogenated alkanes) is 3. The van der Waals surface area contributed by atoms with Crippen LogP contribution in [0.2, 0.25) is 0 Å². The average Bonchev–Trinajstić information content (AvgIpc) is 1.97. The Balaban J connectivity index is 2.65. The summed E-state index contributed by atoms with van der Waals surface area (Å²) in [6.07, 6.45) is 4.91. The molecule has 0 amide bonds. The molecule has 0 aromatic rings. The first kappa shape index (κ1) is 10.3. The van der Waals surface area contributed by atoms with Gasteiger partial charge >= 0.3 is 0 Å². The number of nitrogens with one attached hydrogen (secondary N) is 1. The summed E-state index contributed by atoms with van der Waals surface area (Å²) in [6, 6.07) is 0. The van der Waals surface area contributed by atoms with E-state index in [-0.39, 0.29) is 0 Å². The highest BCUT2D eigenvalue weighted by Crippen LogP contribution is 1.98. The summed E-state index contributed by atoms with van der Waals surface area (Å²) in [5.74, 6) is 0. The monoisotopic (exact) mass is 163 g/mol. The van der Waals surface area contributed by atoms with Crippen LogP contribution in [0.25, 0.3) is 0 Å². The van der Waals surface area contributed by atoms with Crippen LogP contribution in [0.3, 0.4) is 0 Å². The van der Waals surface area contributed by atoms with Crippen LogP contribution in [0.4, 0.5) is 0 Å². The molecule has 0 saturated heterocycles. The molecule has 1 unspecified atom stereocenters. The van der Waals surface area contributed by atoms with Crippen molar-refractivity contribution < 1.29 is 0 Å². The predicted octanol–water partition coefficient (Wildman–Crippen LogP) is 0.562. The van der Waals surface area contributed by atoms with Gasteiger partial charge in [-0.05, 0) is 25.9 Å². The van der Waals surface area contributed by atoms with Crippen molar-refractivity contribution in [2.45, 2.75) is 25.7 Å². The lowest BCUT2D eigenvalue weighted by Gasteiger charge is -1.99. The first-order valence-corrected chi connectivity index (χ1v) is 4.88. The maximum absolute atomic E-state index is 5.34. The summed E-state index contributed by atoms with van der Waals surface area (Å²) in [4.78, 5) is 0. The van der Waals surface area contributed by atoms with Gasteiger partial charge in [0.2, 0.25) is 0 Å². The van der Waals surface area contributed by atoms with Crippen LogP contribution in [0, 0.1) is 0 Å². The van der Waals surface area contributed by atoms with Gasteiger partial charge in [-0.25, -0.2) is 0 Å². The normalized spacial score (nSPS) is 11.4. The van der Waals surface area contributed by atoms with Crippen molar-refractivity contribution in [3.8, 4) is 0 Å². The third-order valence-corrected chi connectivity index (χ3v) is 1.81. The zero-order valence-corrected chi connectivity index (χ0v) is 7.40. The number of nitrogens with two attached hydrogens (primary N) is 2. The fraction of sp³-hybridized carbons (Fsp3) is 1.00. The van der Waals surface area contributed by atoms with Gasteiger partial charge in [-0.2, -0.15) is 0 Å². The zero-order valence-electron chi connectivity index (χ0n) is 6.40. The minimum absolute atomic E-state index is 0.395. The molecule has 0 aromatic heterocycles. The van der Waals surface area contributed by atoms with Gasteiger partial charge in [0.1, 0.15) is 0 Å². The summed E-state index contributed by atoms with van der Waals surface area (Å²) < 4.78 is 0. The summed E-state index contributed by atoms with van der Waals surface area (Å²) in [5.41, 5.74) is 10.6. The molecule has 0 bridgehead atoms. The first-order chi connectivity index (χ1) is 4.91. The molecule has 0 aliphatic heterocycles. The molecule has 3 nitrogen and oxygen atoms in total. The Morgan fingerprint density at radius 1 is 1.10 bits per heavy atom. The Morgan fingerprint density at radius 2 is 1.80 bits per heavy atom. The minimum atomic E-state index is 0.395.